The molecule has 7 heteroatoms. The Morgan fingerprint density at radius 3 is 2.91 bits per heavy atom. The number of piperidine rings is 1. The van der Waals surface area contributed by atoms with Crippen molar-refractivity contribution in [1.82, 2.24) is 14.9 Å². The van der Waals surface area contributed by atoms with Gasteiger partial charge in [-0.3, -0.25) is 0 Å². The molecule has 0 spiro atoms. The third-order valence-electron chi connectivity index (χ3n) is 3.26. The van der Waals surface area contributed by atoms with Crippen molar-refractivity contribution >= 4 is 17.7 Å². The Kier molecular flexibility index (Phi) is 5.45. The van der Waals surface area contributed by atoms with Crippen LogP contribution in [0.15, 0.2) is 12.3 Å². The normalized spacial score (nSPS) is 18.9. The minimum Gasteiger partial charge on any atom is -0.461 e. The fraction of sp³-hybridized carbons (Fsp3) is 0.667. The van der Waals surface area contributed by atoms with Crippen LogP contribution in [0.3, 0.4) is 0 Å². The van der Waals surface area contributed by atoms with Gasteiger partial charge in [-0.1, -0.05) is 11.6 Å². The maximum atomic E-state index is 12.3. The van der Waals surface area contributed by atoms with E-state index in [2.05, 4.69) is 9.97 Å². The molecule has 1 atom stereocenters. The van der Waals surface area contributed by atoms with Gasteiger partial charge in [0.1, 0.15) is 17.4 Å². The summed E-state index contributed by atoms with van der Waals surface area (Å²) in [6, 6.07) is 1.77. The molecule has 0 unspecified atom stereocenters. The number of carbonyl (C=O) groups is 1. The Bertz CT molecular complexity index is 519. The van der Waals surface area contributed by atoms with E-state index >= 15 is 0 Å². The molecule has 1 aliphatic rings. The topological polar surface area (TPSA) is 64.5 Å². The summed E-state index contributed by atoms with van der Waals surface area (Å²) in [5, 5.41) is 0.331. The van der Waals surface area contributed by atoms with E-state index in [4.69, 9.17) is 21.1 Å². The number of hydrogen-bond donors (Lipinski definition) is 0. The molecule has 1 aliphatic heterocycles. The summed E-state index contributed by atoms with van der Waals surface area (Å²) < 4.78 is 11.0. The number of halogens is 1. The third-order valence-corrected chi connectivity index (χ3v) is 3.47. The summed E-state index contributed by atoms with van der Waals surface area (Å²) in [5.41, 5.74) is -0.504. The lowest BCUT2D eigenvalue weighted by molar-refractivity contribution is 0.00306. The van der Waals surface area contributed by atoms with Gasteiger partial charge < -0.3 is 14.4 Å². The van der Waals surface area contributed by atoms with E-state index in [1.807, 2.05) is 20.8 Å². The Labute approximate surface area is 135 Å². The van der Waals surface area contributed by atoms with E-state index in [1.54, 1.807) is 11.0 Å². The highest BCUT2D eigenvalue weighted by atomic mass is 35.5. The average molecular weight is 328 g/mol. The molecule has 1 saturated heterocycles. The molecule has 1 fully saturated rings. The number of nitrogens with zero attached hydrogens (tertiary/aromatic N) is 3. The van der Waals surface area contributed by atoms with Crippen molar-refractivity contribution < 1.29 is 14.3 Å². The lowest BCUT2D eigenvalue weighted by Gasteiger charge is -2.36. The van der Waals surface area contributed by atoms with E-state index < -0.39 is 5.60 Å². The van der Waals surface area contributed by atoms with Crippen molar-refractivity contribution in [2.75, 3.05) is 13.2 Å². The van der Waals surface area contributed by atoms with Crippen LogP contribution in [0.1, 0.15) is 40.0 Å². The Morgan fingerprint density at radius 2 is 2.23 bits per heavy atom. The van der Waals surface area contributed by atoms with Crippen molar-refractivity contribution in [3.63, 3.8) is 0 Å². The first-order chi connectivity index (χ1) is 10.3. The highest BCUT2D eigenvalue weighted by Gasteiger charge is 2.31. The molecule has 0 bridgehead atoms. The second kappa shape index (κ2) is 7.13. The van der Waals surface area contributed by atoms with Gasteiger partial charge >= 0.3 is 12.1 Å². The monoisotopic (exact) mass is 327 g/mol. The molecule has 0 aliphatic carbocycles. The molecule has 1 amide bonds. The lowest BCUT2D eigenvalue weighted by Crippen LogP contribution is -2.48. The van der Waals surface area contributed by atoms with Gasteiger partial charge in [0.25, 0.3) is 0 Å². The van der Waals surface area contributed by atoms with E-state index in [0.717, 1.165) is 19.3 Å². The van der Waals surface area contributed by atoms with Crippen molar-refractivity contribution in [3.8, 4) is 6.01 Å². The van der Waals surface area contributed by atoms with E-state index in [9.17, 15) is 4.79 Å². The molecule has 0 N–H and O–H groups in total. The fourth-order valence-electron chi connectivity index (χ4n) is 2.30. The SMILES string of the molecule is CC(C)(C)OC(=O)N1CCCC[C@H]1COc1nccc(Cl)n1. The summed E-state index contributed by atoms with van der Waals surface area (Å²) in [5.74, 6) is 0. The second-order valence-corrected chi connectivity index (χ2v) is 6.68. The minimum absolute atomic E-state index is 0.0359. The van der Waals surface area contributed by atoms with E-state index in [-0.39, 0.29) is 18.1 Å². The van der Waals surface area contributed by atoms with Crippen molar-refractivity contribution in [1.29, 1.82) is 0 Å². The molecule has 0 radical (unpaired) electrons. The predicted molar refractivity (Wildman–Crippen MR) is 83.1 cm³/mol. The summed E-state index contributed by atoms with van der Waals surface area (Å²) in [6.45, 7) is 6.60. The van der Waals surface area contributed by atoms with Crippen molar-refractivity contribution in [2.45, 2.75) is 51.7 Å². The maximum Gasteiger partial charge on any atom is 0.410 e. The minimum atomic E-state index is -0.504. The largest absolute Gasteiger partial charge is 0.461 e. The summed E-state index contributed by atoms with van der Waals surface area (Å²) in [4.78, 5) is 22.0. The number of carbonyl (C=O) groups excluding carboxylic acids is 1. The van der Waals surface area contributed by atoms with Crippen LogP contribution in [0.4, 0.5) is 4.79 Å². The molecule has 1 aromatic heterocycles. The molecule has 2 rings (SSSR count). The average Bonchev–Trinajstić information content (AvgIpc) is 2.44. The highest BCUT2D eigenvalue weighted by molar-refractivity contribution is 6.29. The fourth-order valence-corrected chi connectivity index (χ4v) is 2.42. The van der Waals surface area contributed by atoms with Gasteiger partial charge in [0.15, 0.2) is 0 Å². The van der Waals surface area contributed by atoms with Crippen LogP contribution in [0, 0.1) is 0 Å². The van der Waals surface area contributed by atoms with Crippen LogP contribution in [-0.2, 0) is 4.74 Å². The van der Waals surface area contributed by atoms with Gasteiger partial charge in [-0.15, -0.1) is 0 Å². The summed E-state index contributed by atoms with van der Waals surface area (Å²) >= 11 is 5.80. The number of aromatic nitrogens is 2. The number of ether oxygens (including phenoxy) is 2. The molecule has 6 nitrogen and oxygen atoms in total. The van der Waals surface area contributed by atoms with Crippen LogP contribution in [0.2, 0.25) is 5.15 Å². The zero-order valence-corrected chi connectivity index (χ0v) is 14.0. The zero-order chi connectivity index (χ0) is 16.2. The van der Waals surface area contributed by atoms with Gasteiger partial charge in [-0.25, -0.2) is 9.78 Å². The third kappa shape index (κ3) is 5.02. The van der Waals surface area contributed by atoms with E-state index in [0.29, 0.717) is 18.3 Å². The number of amides is 1. The maximum absolute atomic E-state index is 12.3. The summed E-state index contributed by atoms with van der Waals surface area (Å²) in [7, 11) is 0. The Morgan fingerprint density at radius 1 is 1.45 bits per heavy atom. The first-order valence-electron chi connectivity index (χ1n) is 7.46. The highest BCUT2D eigenvalue weighted by Crippen LogP contribution is 2.21. The van der Waals surface area contributed by atoms with Crippen LogP contribution in [-0.4, -0.2) is 45.8 Å². The second-order valence-electron chi connectivity index (χ2n) is 6.30. The predicted octanol–water partition coefficient (Wildman–Crippen LogP) is 3.30. The van der Waals surface area contributed by atoms with Gasteiger partial charge in [0.05, 0.1) is 6.04 Å². The number of rotatable bonds is 3. The number of hydrogen-bond acceptors (Lipinski definition) is 5. The Balaban J connectivity index is 1.96. The van der Waals surface area contributed by atoms with Crippen LogP contribution >= 0.6 is 11.6 Å². The molecule has 22 heavy (non-hydrogen) atoms. The van der Waals surface area contributed by atoms with Crippen LogP contribution in [0.25, 0.3) is 0 Å². The van der Waals surface area contributed by atoms with Gasteiger partial charge in [-0.2, -0.15) is 4.98 Å². The molecule has 0 aromatic carbocycles. The molecule has 1 aromatic rings. The van der Waals surface area contributed by atoms with Crippen molar-refractivity contribution in [3.05, 3.63) is 17.4 Å². The van der Waals surface area contributed by atoms with Crippen LogP contribution < -0.4 is 4.74 Å². The van der Waals surface area contributed by atoms with Crippen molar-refractivity contribution in [2.24, 2.45) is 0 Å². The molecular formula is C15H22ClN3O3. The van der Waals surface area contributed by atoms with Gasteiger partial charge in [-0.05, 0) is 46.1 Å². The van der Waals surface area contributed by atoms with E-state index in [1.165, 1.54) is 6.20 Å². The van der Waals surface area contributed by atoms with Crippen LogP contribution in [0.5, 0.6) is 6.01 Å². The Hall–Kier alpha value is -1.56. The molecule has 2 heterocycles. The molecule has 122 valence electrons. The lowest BCUT2D eigenvalue weighted by atomic mass is 10.0. The first-order valence-corrected chi connectivity index (χ1v) is 7.84. The quantitative estimate of drug-likeness (QED) is 0.797. The zero-order valence-electron chi connectivity index (χ0n) is 13.2. The molecular weight excluding hydrogens is 306 g/mol. The van der Waals surface area contributed by atoms with Gasteiger partial charge in [0.2, 0.25) is 0 Å². The van der Waals surface area contributed by atoms with Gasteiger partial charge in [0, 0.05) is 12.7 Å². The smallest absolute Gasteiger partial charge is 0.410 e. The summed E-state index contributed by atoms with van der Waals surface area (Å²) in [6.07, 6.45) is 4.15. The molecule has 0 saturated carbocycles. The standard InChI is InChI=1S/C15H22ClN3O3/c1-15(2,3)22-14(20)19-9-5-4-6-11(19)10-21-13-17-8-7-12(16)18-13/h7-8,11H,4-6,9-10H2,1-3H3/t11-/m0/s1. The number of likely N-dealkylation sites (tertiary alicyclic amines) is 1. The first kappa shape index (κ1) is 16.8.